The van der Waals surface area contributed by atoms with Crippen LogP contribution in [0.3, 0.4) is 0 Å². The number of hydrogen-bond acceptors (Lipinski definition) is 3. The number of nitrogens with zero attached hydrogens (tertiary/aromatic N) is 1. The van der Waals surface area contributed by atoms with Crippen molar-refractivity contribution in [2.24, 2.45) is 0 Å². The molecular weight excluding hydrogens is 288 g/mol. The van der Waals surface area contributed by atoms with E-state index in [1.165, 1.54) is 6.07 Å². The Morgan fingerprint density at radius 3 is 2.71 bits per heavy atom. The third kappa shape index (κ3) is 4.28. The molecule has 0 aromatic heterocycles. The third-order valence-electron chi connectivity index (χ3n) is 3.38. The van der Waals surface area contributed by atoms with Gasteiger partial charge in [0.2, 0.25) is 0 Å². The molecule has 0 saturated carbocycles. The zero-order chi connectivity index (χ0) is 15.2. The van der Waals surface area contributed by atoms with Crippen LogP contribution < -0.4 is 5.32 Å². The Morgan fingerprint density at radius 1 is 1.24 bits per heavy atom. The van der Waals surface area contributed by atoms with Gasteiger partial charge in [-0.05, 0) is 37.6 Å². The van der Waals surface area contributed by atoms with Crippen molar-refractivity contribution in [1.29, 1.82) is 0 Å². The molecule has 0 spiro atoms. The Hall–Kier alpha value is -1.91. The van der Waals surface area contributed by atoms with E-state index in [0.717, 1.165) is 11.1 Å². The summed E-state index contributed by atoms with van der Waals surface area (Å²) >= 11 is 5.97. The number of rotatable bonds is 6. The highest BCUT2D eigenvalue weighted by Gasteiger charge is 2.12. The summed E-state index contributed by atoms with van der Waals surface area (Å²) in [5.74, 6) is 0. The summed E-state index contributed by atoms with van der Waals surface area (Å²) < 4.78 is 0. The number of benzene rings is 2. The first-order valence-electron chi connectivity index (χ1n) is 6.79. The fourth-order valence-corrected chi connectivity index (χ4v) is 2.42. The second-order valence-electron chi connectivity index (χ2n) is 4.87. The van der Waals surface area contributed by atoms with E-state index < -0.39 is 0 Å². The molecule has 0 bridgehead atoms. The molecule has 2 aromatic rings. The van der Waals surface area contributed by atoms with Crippen molar-refractivity contribution in [3.63, 3.8) is 0 Å². The van der Waals surface area contributed by atoms with Crippen molar-refractivity contribution >= 4 is 17.3 Å². The van der Waals surface area contributed by atoms with Crippen LogP contribution in [0.5, 0.6) is 0 Å². The fraction of sp³-hybridized carbons (Fsp3) is 0.250. The molecular formula is C16H17ClN2O2. The van der Waals surface area contributed by atoms with Gasteiger partial charge in [0.15, 0.2) is 0 Å². The summed E-state index contributed by atoms with van der Waals surface area (Å²) in [6.45, 7) is 2.71. The quantitative estimate of drug-likeness (QED) is 0.644. The SMILES string of the molecule is CC(NCCc1ccccc1[N+](=O)[O-])c1cccc(Cl)c1. The number of nitro benzene ring substituents is 1. The van der Waals surface area contributed by atoms with Gasteiger partial charge >= 0.3 is 0 Å². The fourth-order valence-electron chi connectivity index (χ4n) is 2.22. The Bertz CT molecular complexity index is 631. The van der Waals surface area contributed by atoms with E-state index in [1.54, 1.807) is 12.1 Å². The molecule has 0 amide bonds. The van der Waals surface area contributed by atoms with E-state index in [2.05, 4.69) is 5.32 Å². The first kappa shape index (κ1) is 15.5. The first-order chi connectivity index (χ1) is 10.1. The Balaban J connectivity index is 1.94. The van der Waals surface area contributed by atoms with Gasteiger partial charge in [-0.25, -0.2) is 0 Å². The van der Waals surface area contributed by atoms with Crippen LogP contribution >= 0.6 is 11.6 Å². The topological polar surface area (TPSA) is 55.2 Å². The van der Waals surface area contributed by atoms with Crippen molar-refractivity contribution in [2.45, 2.75) is 19.4 Å². The molecule has 5 heteroatoms. The molecule has 1 unspecified atom stereocenters. The average Bonchev–Trinajstić information content (AvgIpc) is 2.47. The van der Waals surface area contributed by atoms with E-state index in [0.29, 0.717) is 18.0 Å². The van der Waals surface area contributed by atoms with Crippen molar-refractivity contribution in [1.82, 2.24) is 5.32 Å². The Morgan fingerprint density at radius 2 is 2.00 bits per heavy atom. The van der Waals surface area contributed by atoms with Gasteiger partial charge in [0.1, 0.15) is 0 Å². The van der Waals surface area contributed by atoms with E-state index in [9.17, 15) is 10.1 Å². The van der Waals surface area contributed by atoms with Crippen LogP contribution in [0.4, 0.5) is 5.69 Å². The van der Waals surface area contributed by atoms with Crippen LogP contribution in [0.2, 0.25) is 5.02 Å². The number of para-hydroxylation sites is 1. The predicted molar refractivity (Wildman–Crippen MR) is 84.7 cm³/mol. The van der Waals surface area contributed by atoms with Crippen LogP contribution in [0.25, 0.3) is 0 Å². The maximum Gasteiger partial charge on any atom is 0.272 e. The lowest BCUT2D eigenvalue weighted by molar-refractivity contribution is -0.385. The smallest absolute Gasteiger partial charge is 0.272 e. The van der Waals surface area contributed by atoms with Crippen molar-refractivity contribution < 1.29 is 4.92 Å². The molecule has 0 aliphatic heterocycles. The van der Waals surface area contributed by atoms with Gasteiger partial charge in [0, 0.05) is 22.7 Å². The Labute approximate surface area is 128 Å². The summed E-state index contributed by atoms with van der Waals surface area (Å²) in [5.41, 5.74) is 2.02. The summed E-state index contributed by atoms with van der Waals surface area (Å²) in [4.78, 5) is 10.6. The normalized spacial score (nSPS) is 12.1. The molecule has 1 N–H and O–H groups in total. The van der Waals surface area contributed by atoms with Crippen LogP contribution in [0, 0.1) is 10.1 Å². The number of nitrogens with one attached hydrogen (secondary N) is 1. The minimum atomic E-state index is -0.338. The molecule has 0 saturated heterocycles. The summed E-state index contributed by atoms with van der Waals surface area (Å²) in [5, 5.41) is 15.0. The molecule has 0 fully saturated rings. The summed E-state index contributed by atoms with van der Waals surface area (Å²) in [6.07, 6.45) is 0.613. The van der Waals surface area contributed by atoms with Crippen molar-refractivity contribution in [2.75, 3.05) is 6.54 Å². The Kier molecular flexibility index (Phi) is 5.31. The first-order valence-corrected chi connectivity index (χ1v) is 7.17. The molecule has 2 aromatic carbocycles. The maximum absolute atomic E-state index is 10.9. The molecule has 0 heterocycles. The summed E-state index contributed by atoms with van der Waals surface area (Å²) in [7, 11) is 0. The lowest BCUT2D eigenvalue weighted by Crippen LogP contribution is -2.21. The van der Waals surface area contributed by atoms with Gasteiger partial charge in [0.25, 0.3) is 5.69 Å². The highest BCUT2D eigenvalue weighted by atomic mass is 35.5. The lowest BCUT2D eigenvalue weighted by Gasteiger charge is -2.14. The van der Waals surface area contributed by atoms with Gasteiger partial charge in [-0.15, -0.1) is 0 Å². The second-order valence-corrected chi connectivity index (χ2v) is 5.30. The number of halogens is 1. The molecule has 110 valence electrons. The van der Waals surface area contributed by atoms with Gasteiger partial charge in [0.05, 0.1) is 4.92 Å². The molecule has 21 heavy (non-hydrogen) atoms. The minimum absolute atomic E-state index is 0.145. The molecule has 1 atom stereocenters. The third-order valence-corrected chi connectivity index (χ3v) is 3.62. The zero-order valence-corrected chi connectivity index (χ0v) is 12.5. The maximum atomic E-state index is 10.9. The molecule has 4 nitrogen and oxygen atoms in total. The van der Waals surface area contributed by atoms with Gasteiger partial charge in [-0.3, -0.25) is 10.1 Å². The monoisotopic (exact) mass is 304 g/mol. The van der Waals surface area contributed by atoms with E-state index in [1.807, 2.05) is 37.3 Å². The molecule has 0 aliphatic rings. The van der Waals surface area contributed by atoms with E-state index in [4.69, 9.17) is 11.6 Å². The lowest BCUT2D eigenvalue weighted by atomic mass is 10.1. The van der Waals surface area contributed by atoms with E-state index >= 15 is 0 Å². The van der Waals surface area contributed by atoms with Crippen LogP contribution in [0.15, 0.2) is 48.5 Å². The van der Waals surface area contributed by atoms with Crippen molar-refractivity contribution in [3.8, 4) is 0 Å². The summed E-state index contributed by atoms with van der Waals surface area (Å²) in [6, 6.07) is 14.7. The van der Waals surface area contributed by atoms with E-state index in [-0.39, 0.29) is 16.7 Å². The molecule has 0 aliphatic carbocycles. The van der Waals surface area contributed by atoms with Crippen LogP contribution in [-0.4, -0.2) is 11.5 Å². The minimum Gasteiger partial charge on any atom is -0.310 e. The van der Waals surface area contributed by atoms with Gasteiger partial charge in [-0.1, -0.05) is 41.9 Å². The average molecular weight is 305 g/mol. The molecule has 0 radical (unpaired) electrons. The highest BCUT2D eigenvalue weighted by Crippen LogP contribution is 2.19. The number of hydrogen-bond donors (Lipinski definition) is 1. The number of nitro groups is 1. The van der Waals surface area contributed by atoms with Crippen LogP contribution in [-0.2, 0) is 6.42 Å². The largest absolute Gasteiger partial charge is 0.310 e. The van der Waals surface area contributed by atoms with Crippen molar-refractivity contribution in [3.05, 3.63) is 74.8 Å². The van der Waals surface area contributed by atoms with Crippen LogP contribution in [0.1, 0.15) is 24.1 Å². The standard InChI is InChI=1S/C16H17ClN2O2/c1-12(14-6-4-7-15(17)11-14)18-10-9-13-5-2-3-8-16(13)19(20)21/h2-8,11-12,18H,9-10H2,1H3. The van der Waals surface area contributed by atoms with Gasteiger partial charge in [-0.2, -0.15) is 0 Å². The predicted octanol–water partition coefficient (Wildman–Crippen LogP) is 4.14. The molecule has 2 rings (SSSR count). The van der Waals surface area contributed by atoms with Gasteiger partial charge < -0.3 is 5.32 Å². The second kappa shape index (κ2) is 7.20. The highest BCUT2D eigenvalue weighted by molar-refractivity contribution is 6.30. The zero-order valence-electron chi connectivity index (χ0n) is 11.8.